The Morgan fingerprint density at radius 2 is 1.92 bits per heavy atom. The fraction of sp³-hybridized carbons (Fsp3) is 0.552. The van der Waals surface area contributed by atoms with Crippen molar-refractivity contribution in [3.63, 3.8) is 0 Å². The number of aliphatic hydroxyl groups is 1. The smallest absolute Gasteiger partial charge is 0.312 e. The van der Waals surface area contributed by atoms with E-state index in [4.69, 9.17) is 9.47 Å². The number of benzene rings is 1. The van der Waals surface area contributed by atoms with E-state index in [1.807, 2.05) is 61.6 Å². The van der Waals surface area contributed by atoms with Crippen molar-refractivity contribution in [1.82, 2.24) is 9.80 Å². The van der Waals surface area contributed by atoms with E-state index in [0.717, 1.165) is 18.4 Å². The first-order valence-corrected chi connectivity index (χ1v) is 13.4. The zero-order valence-electron chi connectivity index (χ0n) is 21.5. The second-order valence-corrected chi connectivity index (χ2v) is 10.5. The predicted octanol–water partition coefficient (Wildman–Crippen LogP) is 2.26. The summed E-state index contributed by atoms with van der Waals surface area (Å²) in [5.74, 6) is -2.80. The second-order valence-electron chi connectivity index (χ2n) is 10.5. The summed E-state index contributed by atoms with van der Waals surface area (Å²) in [7, 11) is 0. The minimum Gasteiger partial charge on any atom is -0.465 e. The van der Waals surface area contributed by atoms with Crippen LogP contribution in [-0.4, -0.2) is 82.3 Å². The summed E-state index contributed by atoms with van der Waals surface area (Å²) in [4.78, 5) is 45.1. The molecule has 4 heterocycles. The maximum Gasteiger partial charge on any atom is 0.312 e. The lowest BCUT2D eigenvalue weighted by atomic mass is 9.77. The zero-order valence-corrected chi connectivity index (χ0v) is 21.5. The van der Waals surface area contributed by atoms with Crippen LogP contribution < -0.4 is 0 Å². The molecule has 2 unspecified atom stereocenters. The van der Waals surface area contributed by atoms with Crippen molar-refractivity contribution in [3.05, 3.63) is 60.2 Å². The van der Waals surface area contributed by atoms with E-state index in [1.54, 1.807) is 4.90 Å². The topological polar surface area (TPSA) is 96.4 Å². The Morgan fingerprint density at radius 3 is 2.65 bits per heavy atom. The number of amides is 2. The Kier molecular flexibility index (Phi) is 7.23. The van der Waals surface area contributed by atoms with Gasteiger partial charge in [0, 0.05) is 12.6 Å². The number of esters is 1. The number of rotatable bonds is 7. The van der Waals surface area contributed by atoms with E-state index >= 15 is 0 Å². The summed E-state index contributed by atoms with van der Waals surface area (Å²) >= 11 is 0. The summed E-state index contributed by atoms with van der Waals surface area (Å²) in [6.45, 7) is 4.41. The number of carbonyl (C=O) groups is 3. The molecule has 0 aliphatic carbocycles. The summed E-state index contributed by atoms with van der Waals surface area (Å²) in [5, 5.41) is 10.5. The molecule has 2 fully saturated rings. The van der Waals surface area contributed by atoms with Crippen LogP contribution >= 0.6 is 0 Å². The number of carbonyl (C=O) groups excluding carboxylic acids is 3. The van der Waals surface area contributed by atoms with Crippen molar-refractivity contribution in [2.45, 2.75) is 69.4 Å². The summed E-state index contributed by atoms with van der Waals surface area (Å²) in [5.41, 5.74) is -0.373. The standard InChI is InChI=1S/C29H36N2O6/c1-3-10-19(2)30-15-9-14-29-24(23-22(37-29)13-7-8-16-36-28(23)35)26(33)31(25(29)27(30)34)21(18-32)17-20-11-5-4-6-12-20/h4-7,9,11-14,19,21-25,32H,3,8,10,15-18H2,1-2H3/t19?,21-,22-,23+,24+,25?,29+/m1/s1. The average molecular weight is 509 g/mol. The van der Waals surface area contributed by atoms with E-state index in [2.05, 4.69) is 6.92 Å². The van der Waals surface area contributed by atoms with Crippen LogP contribution in [0.25, 0.3) is 0 Å². The molecule has 8 heteroatoms. The van der Waals surface area contributed by atoms with Gasteiger partial charge in [-0.25, -0.2) is 0 Å². The van der Waals surface area contributed by atoms with Crippen molar-refractivity contribution in [1.29, 1.82) is 0 Å². The molecule has 4 aliphatic rings. The molecular formula is C29H36N2O6. The molecule has 2 saturated heterocycles. The molecule has 5 rings (SSSR count). The van der Waals surface area contributed by atoms with E-state index in [1.165, 1.54) is 4.90 Å². The highest BCUT2D eigenvalue weighted by Crippen LogP contribution is 2.54. The number of aliphatic hydroxyl groups excluding tert-OH is 1. The van der Waals surface area contributed by atoms with Gasteiger partial charge in [-0.15, -0.1) is 0 Å². The third-order valence-corrected chi connectivity index (χ3v) is 8.25. The molecule has 4 aliphatic heterocycles. The lowest BCUT2D eigenvalue weighted by Crippen LogP contribution is -2.59. The highest BCUT2D eigenvalue weighted by atomic mass is 16.6. The third kappa shape index (κ3) is 4.30. The largest absolute Gasteiger partial charge is 0.465 e. The van der Waals surface area contributed by atoms with Crippen molar-refractivity contribution in [2.24, 2.45) is 11.8 Å². The SMILES string of the molecule is CCCC(C)N1CC=C[C@]23O[C@@H]4C=CCCOC(=O)[C@@H]4[C@H]2C(=O)N([C@@H](CO)Cc2ccccc2)C3C1=O. The van der Waals surface area contributed by atoms with E-state index < -0.39 is 41.6 Å². The molecule has 2 amide bonds. The Labute approximate surface area is 217 Å². The van der Waals surface area contributed by atoms with Gasteiger partial charge in [0.2, 0.25) is 11.8 Å². The molecule has 0 aromatic heterocycles. The molecule has 37 heavy (non-hydrogen) atoms. The Hall–Kier alpha value is -2.97. The lowest BCUT2D eigenvalue weighted by Gasteiger charge is -2.40. The first-order chi connectivity index (χ1) is 17.9. The normalized spacial score (nSPS) is 32.7. The van der Waals surface area contributed by atoms with Crippen LogP contribution in [0, 0.1) is 11.8 Å². The van der Waals surface area contributed by atoms with Gasteiger partial charge in [-0.1, -0.05) is 68.0 Å². The zero-order chi connectivity index (χ0) is 26.2. The van der Waals surface area contributed by atoms with Gasteiger partial charge in [0.1, 0.15) is 17.6 Å². The highest BCUT2D eigenvalue weighted by Gasteiger charge is 2.72. The van der Waals surface area contributed by atoms with E-state index in [0.29, 0.717) is 19.4 Å². The van der Waals surface area contributed by atoms with Gasteiger partial charge in [-0.2, -0.15) is 0 Å². The molecule has 0 radical (unpaired) electrons. The van der Waals surface area contributed by atoms with Crippen molar-refractivity contribution >= 4 is 17.8 Å². The van der Waals surface area contributed by atoms with Crippen molar-refractivity contribution in [3.8, 4) is 0 Å². The third-order valence-electron chi connectivity index (χ3n) is 8.25. The van der Waals surface area contributed by atoms with Crippen LogP contribution in [0.5, 0.6) is 0 Å². The van der Waals surface area contributed by atoms with Gasteiger partial charge in [-0.05, 0) is 31.7 Å². The number of likely N-dealkylation sites (tertiary alicyclic amines) is 1. The van der Waals surface area contributed by atoms with Crippen LogP contribution in [-0.2, 0) is 30.3 Å². The number of fused-ring (bicyclic) bond motifs is 2. The van der Waals surface area contributed by atoms with E-state index in [-0.39, 0.29) is 31.1 Å². The summed E-state index contributed by atoms with van der Waals surface area (Å²) in [6.07, 6.45) is 9.50. The van der Waals surface area contributed by atoms with Gasteiger partial charge in [0.25, 0.3) is 0 Å². The minimum absolute atomic E-state index is 0.0325. The van der Waals surface area contributed by atoms with E-state index in [9.17, 15) is 19.5 Å². The number of cyclic esters (lactones) is 1. The molecular weight excluding hydrogens is 472 g/mol. The quantitative estimate of drug-likeness (QED) is 0.448. The fourth-order valence-corrected chi connectivity index (χ4v) is 6.56. The Balaban J connectivity index is 1.61. The van der Waals surface area contributed by atoms with Crippen LogP contribution in [0.1, 0.15) is 38.7 Å². The number of hydrogen-bond donors (Lipinski definition) is 1. The molecule has 7 atom stereocenters. The minimum atomic E-state index is -1.32. The highest BCUT2D eigenvalue weighted by molar-refractivity contribution is 5.99. The maximum atomic E-state index is 14.3. The molecule has 0 saturated carbocycles. The van der Waals surface area contributed by atoms with Gasteiger partial charge >= 0.3 is 5.97 Å². The molecule has 1 aromatic carbocycles. The molecule has 1 spiro atoms. The monoisotopic (exact) mass is 508 g/mol. The predicted molar refractivity (Wildman–Crippen MR) is 136 cm³/mol. The molecule has 0 bridgehead atoms. The summed E-state index contributed by atoms with van der Waals surface area (Å²) in [6, 6.07) is 7.93. The number of hydrogen-bond acceptors (Lipinski definition) is 6. The maximum absolute atomic E-state index is 14.3. The molecule has 1 aromatic rings. The summed E-state index contributed by atoms with van der Waals surface area (Å²) < 4.78 is 12.1. The molecule has 8 nitrogen and oxygen atoms in total. The Bertz CT molecular complexity index is 1090. The average Bonchev–Trinajstić information content (AvgIpc) is 3.27. The molecule has 1 N–H and O–H groups in total. The van der Waals surface area contributed by atoms with Gasteiger partial charge in [-0.3, -0.25) is 14.4 Å². The van der Waals surface area contributed by atoms with Crippen molar-refractivity contribution in [2.75, 3.05) is 19.8 Å². The van der Waals surface area contributed by atoms with Gasteiger partial charge in [0.05, 0.1) is 31.3 Å². The first-order valence-electron chi connectivity index (χ1n) is 13.4. The Morgan fingerprint density at radius 1 is 1.14 bits per heavy atom. The van der Waals surface area contributed by atoms with Gasteiger partial charge in [0.15, 0.2) is 0 Å². The lowest BCUT2D eigenvalue weighted by molar-refractivity contribution is -0.157. The fourth-order valence-electron chi connectivity index (χ4n) is 6.56. The number of nitrogens with zero attached hydrogens (tertiary/aromatic N) is 2. The number of ether oxygens (including phenoxy) is 2. The van der Waals surface area contributed by atoms with Gasteiger partial charge < -0.3 is 24.4 Å². The molecule has 198 valence electrons. The van der Waals surface area contributed by atoms with Crippen molar-refractivity contribution < 1.29 is 29.0 Å². The van der Waals surface area contributed by atoms with Crippen LogP contribution in [0.2, 0.25) is 0 Å². The van der Waals surface area contributed by atoms with Crippen LogP contribution in [0.4, 0.5) is 0 Å². The van der Waals surface area contributed by atoms with Crippen LogP contribution in [0.15, 0.2) is 54.6 Å². The van der Waals surface area contributed by atoms with Crippen LogP contribution in [0.3, 0.4) is 0 Å². The first kappa shape index (κ1) is 25.7. The second kappa shape index (κ2) is 10.4.